The fraction of sp³-hybridized carbons (Fsp3) is 0.667. The maximum absolute atomic E-state index is 11.9. The fourth-order valence-corrected chi connectivity index (χ4v) is 5.06. The third-order valence-corrected chi connectivity index (χ3v) is 6.33. The van der Waals surface area contributed by atoms with Crippen LogP contribution in [0.4, 0.5) is 0 Å². The highest BCUT2D eigenvalue weighted by molar-refractivity contribution is 5.78. The number of carbonyl (C=O) groups excluding carboxylic acids is 1. The Morgan fingerprint density at radius 2 is 1.56 bits per heavy atom. The van der Waals surface area contributed by atoms with Crippen molar-refractivity contribution in [3.8, 4) is 0 Å². The molecule has 0 spiro atoms. The lowest BCUT2D eigenvalue weighted by Gasteiger charge is -2.35. The minimum Gasteiger partial charge on any atom is -0.341 e. The standard InChI is InChI=1S/C21H31N3O/c25-21-11-6-13-23(21)16-15-22-12-4-9-19(22)20-10-5-14-24(20)17-18-7-2-1-3-8-18/h1-3,7-8,19-20H,4-6,9-17H2/t19-,20-/m1/s1. The summed E-state index contributed by atoms with van der Waals surface area (Å²) in [6.45, 7) is 6.49. The number of likely N-dealkylation sites (tertiary alicyclic amines) is 3. The number of hydrogen-bond donors (Lipinski definition) is 0. The first-order valence-electron chi connectivity index (χ1n) is 10.1. The summed E-state index contributed by atoms with van der Waals surface area (Å²) in [4.78, 5) is 19.3. The Morgan fingerprint density at radius 3 is 2.28 bits per heavy atom. The van der Waals surface area contributed by atoms with Crippen molar-refractivity contribution in [1.29, 1.82) is 0 Å². The van der Waals surface area contributed by atoms with Gasteiger partial charge in [-0.3, -0.25) is 14.6 Å². The lowest BCUT2D eigenvalue weighted by atomic mass is 10.0. The Hall–Kier alpha value is -1.39. The normalized spacial score (nSPS) is 28.3. The van der Waals surface area contributed by atoms with Crippen molar-refractivity contribution in [3.05, 3.63) is 35.9 Å². The molecule has 0 aromatic heterocycles. The molecule has 4 nitrogen and oxygen atoms in total. The summed E-state index contributed by atoms with van der Waals surface area (Å²) in [6, 6.07) is 12.3. The first-order chi connectivity index (χ1) is 12.3. The number of nitrogens with zero attached hydrogens (tertiary/aromatic N) is 3. The molecule has 0 radical (unpaired) electrons. The van der Waals surface area contributed by atoms with Crippen LogP contribution in [0.15, 0.2) is 30.3 Å². The summed E-state index contributed by atoms with van der Waals surface area (Å²) in [5.41, 5.74) is 1.43. The predicted octanol–water partition coefficient (Wildman–Crippen LogP) is 2.74. The summed E-state index contributed by atoms with van der Waals surface area (Å²) in [5, 5.41) is 0. The van der Waals surface area contributed by atoms with E-state index in [4.69, 9.17) is 0 Å². The molecule has 4 heteroatoms. The van der Waals surface area contributed by atoms with Crippen molar-refractivity contribution < 1.29 is 4.79 Å². The second kappa shape index (κ2) is 7.88. The first-order valence-corrected chi connectivity index (χ1v) is 10.1. The van der Waals surface area contributed by atoms with E-state index in [1.807, 2.05) is 0 Å². The molecule has 3 aliphatic heterocycles. The lowest BCUT2D eigenvalue weighted by molar-refractivity contribution is -0.127. The third kappa shape index (κ3) is 3.90. The first kappa shape index (κ1) is 17.0. The maximum Gasteiger partial charge on any atom is 0.222 e. The summed E-state index contributed by atoms with van der Waals surface area (Å²) < 4.78 is 0. The molecular weight excluding hydrogens is 310 g/mol. The molecule has 0 unspecified atom stereocenters. The Balaban J connectivity index is 1.36. The van der Waals surface area contributed by atoms with Crippen molar-refractivity contribution in [3.63, 3.8) is 0 Å². The molecule has 3 saturated heterocycles. The minimum absolute atomic E-state index is 0.363. The van der Waals surface area contributed by atoms with Gasteiger partial charge >= 0.3 is 0 Å². The van der Waals surface area contributed by atoms with Gasteiger partial charge < -0.3 is 4.90 Å². The zero-order chi connectivity index (χ0) is 17.1. The maximum atomic E-state index is 11.9. The van der Waals surface area contributed by atoms with Crippen LogP contribution in [0.25, 0.3) is 0 Å². The Morgan fingerprint density at radius 1 is 0.840 bits per heavy atom. The van der Waals surface area contributed by atoms with Crippen LogP contribution in [0.5, 0.6) is 0 Å². The highest BCUT2D eigenvalue weighted by Gasteiger charge is 2.37. The summed E-state index contributed by atoms with van der Waals surface area (Å²) in [7, 11) is 0. The van der Waals surface area contributed by atoms with Gasteiger partial charge in [0, 0.05) is 44.7 Å². The van der Waals surface area contributed by atoms with E-state index in [0.29, 0.717) is 18.0 Å². The lowest BCUT2D eigenvalue weighted by Crippen LogP contribution is -2.47. The van der Waals surface area contributed by atoms with E-state index in [0.717, 1.165) is 39.0 Å². The number of amides is 1. The Kier molecular flexibility index (Phi) is 5.37. The summed E-state index contributed by atoms with van der Waals surface area (Å²) in [5.74, 6) is 0.363. The van der Waals surface area contributed by atoms with Crippen LogP contribution in [0.1, 0.15) is 44.1 Å². The van der Waals surface area contributed by atoms with Gasteiger partial charge in [-0.2, -0.15) is 0 Å². The molecular formula is C21H31N3O. The van der Waals surface area contributed by atoms with Crippen molar-refractivity contribution in [2.75, 3.05) is 32.7 Å². The van der Waals surface area contributed by atoms with Crippen LogP contribution in [0, 0.1) is 0 Å². The Bertz CT molecular complexity index is 576. The van der Waals surface area contributed by atoms with Gasteiger partial charge in [0.15, 0.2) is 0 Å². The van der Waals surface area contributed by atoms with E-state index in [1.54, 1.807) is 0 Å². The third-order valence-electron chi connectivity index (χ3n) is 6.33. The number of carbonyl (C=O) groups is 1. The van der Waals surface area contributed by atoms with Crippen LogP contribution in [0.2, 0.25) is 0 Å². The molecule has 0 bridgehead atoms. The molecule has 3 heterocycles. The molecule has 136 valence electrons. The van der Waals surface area contributed by atoms with E-state index >= 15 is 0 Å². The number of hydrogen-bond acceptors (Lipinski definition) is 3. The summed E-state index contributed by atoms with van der Waals surface area (Å²) >= 11 is 0. The van der Waals surface area contributed by atoms with Gasteiger partial charge in [0.05, 0.1) is 0 Å². The monoisotopic (exact) mass is 341 g/mol. The van der Waals surface area contributed by atoms with Gasteiger partial charge in [0.2, 0.25) is 5.91 Å². The van der Waals surface area contributed by atoms with Crippen molar-refractivity contribution in [2.24, 2.45) is 0 Å². The molecule has 4 rings (SSSR count). The smallest absolute Gasteiger partial charge is 0.222 e. The second-order valence-electron chi connectivity index (χ2n) is 7.90. The average Bonchev–Trinajstić information content (AvgIpc) is 3.35. The van der Waals surface area contributed by atoms with E-state index in [1.165, 1.54) is 44.3 Å². The number of rotatable bonds is 6. The second-order valence-corrected chi connectivity index (χ2v) is 7.90. The number of benzene rings is 1. The van der Waals surface area contributed by atoms with Crippen LogP contribution in [-0.4, -0.2) is 65.4 Å². The topological polar surface area (TPSA) is 26.8 Å². The molecule has 1 aromatic carbocycles. The molecule has 25 heavy (non-hydrogen) atoms. The fourth-order valence-electron chi connectivity index (χ4n) is 5.06. The Labute approximate surface area is 151 Å². The van der Waals surface area contributed by atoms with Crippen LogP contribution >= 0.6 is 0 Å². The van der Waals surface area contributed by atoms with E-state index in [2.05, 4.69) is 45.0 Å². The highest BCUT2D eigenvalue weighted by atomic mass is 16.2. The van der Waals surface area contributed by atoms with Crippen molar-refractivity contribution >= 4 is 5.91 Å². The summed E-state index contributed by atoms with van der Waals surface area (Å²) in [6.07, 6.45) is 7.11. The largest absolute Gasteiger partial charge is 0.341 e. The minimum atomic E-state index is 0.363. The molecule has 0 N–H and O–H groups in total. The van der Waals surface area contributed by atoms with Crippen molar-refractivity contribution in [2.45, 2.75) is 57.2 Å². The zero-order valence-corrected chi connectivity index (χ0v) is 15.3. The quantitative estimate of drug-likeness (QED) is 0.796. The zero-order valence-electron chi connectivity index (χ0n) is 15.3. The van der Waals surface area contributed by atoms with Crippen LogP contribution < -0.4 is 0 Å². The van der Waals surface area contributed by atoms with Gasteiger partial charge in [-0.15, -0.1) is 0 Å². The SMILES string of the molecule is O=C1CCCN1CCN1CCC[C@@H]1[C@H]1CCCN1Cc1ccccc1. The molecule has 1 amide bonds. The highest BCUT2D eigenvalue weighted by Crippen LogP contribution is 2.31. The predicted molar refractivity (Wildman–Crippen MR) is 100 cm³/mol. The van der Waals surface area contributed by atoms with Crippen LogP contribution in [-0.2, 0) is 11.3 Å². The average molecular weight is 341 g/mol. The van der Waals surface area contributed by atoms with E-state index < -0.39 is 0 Å². The molecule has 0 aliphatic carbocycles. The molecule has 3 aliphatic rings. The molecule has 2 atom stereocenters. The van der Waals surface area contributed by atoms with Gasteiger partial charge in [0.25, 0.3) is 0 Å². The molecule has 1 aromatic rings. The van der Waals surface area contributed by atoms with E-state index in [-0.39, 0.29) is 0 Å². The van der Waals surface area contributed by atoms with Crippen LogP contribution in [0.3, 0.4) is 0 Å². The van der Waals surface area contributed by atoms with E-state index in [9.17, 15) is 4.79 Å². The van der Waals surface area contributed by atoms with Crippen molar-refractivity contribution in [1.82, 2.24) is 14.7 Å². The van der Waals surface area contributed by atoms with Gasteiger partial charge in [-0.1, -0.05) is 30.3 Å². The van der Waals surface area contributed by atoms with Gasteiger partial charge in [0.1, 0.15) is 0 Å². The van der Waals surface area contributed by atoms with Gasteiger partial charge in [-0.05, 0) is 50.8 Å². The van der Waals surface area contributed by atoms with Gasteiger partial charge in [-0.25, -0.2) is 0 Å². The molecule has 0 saturated carbocycles. The molecule has 3 fully saturated rings.